The molecule has 5 aromatic rings. The van der Waals surface area contributed by atoms with Gasteiger partial charge in [0.1, 0.15) is 0 Å². The van der Waals surface area contributed by atoms with Crippen LogP contribution in [-0.4, -0.2) is 17.1 Å². The van der Waals surface area contributed by atoms with Crippen molar-refractivity contribution in [2.24, 2.45) is 5.92 Å². The van der Waals surface area contributed by atoms with E-state index in [-0.39, 0.29) is 5.41 Å². The minimum atomic E-state index is -0.311. The quantitative estimate of drug-likeness (QED) is 0.255. The van der Waals surface area contributed by atoms with Gasteiger partial charge >= 0.3 is 0 Å². The Bertz CT molecular complexity index is 1720. The van der Waals surface area contributed by atoms with Crippen LogP contribution in [0.15, 0.2) is 97.8 Å². The van der Waals surface area contributed by atoms with Crippen LogP contribution in [-0.2, 0) is 11.8 Å². The van der Waals surface area contributed by atoms with Crippen molar-refractivity contribution in [3.63, 3.8) is 0 Å². The fourth-order valence-corrected chi connectivity index (χ4v) is 6.55. The molecule has 1 fully saturated rings. The number of benzene rings is 3. The molecule has 3 heteroatoms. The highest BCUT2D eigenvalue weighted by atomic mass is 16.5. The van der Waals surface area contributed by atoms with Crippen molar-refractivity contribution >= 4 is 16.5 Å². The van der Waals surface area contributed by atoms with Gasteiger partial charge in [0, 0.05) is 29.3 Å². The summed E-state index contributed by atoms with van der Waals surface area (Å²) in [6, 6.07) is 29.0. The van der Waals surface area contributed by atoms with Gasteiger partial charge < -0.3 is 4.74 Å². The first-order valence-corrected chi connectivity index (χ1v) is 13.4. The highest BCUT2D eigenvalue weighted by Gasteiger charge is 2.49. The van der Waals surface area contributed by atoms with Crippen LogP contribution in [0.2, 0.25) is 0 Å². The SMILES string of the molecule is C=C1Cc2cccc(c2)-c2cc(OC)nc3ccc(cc23)C(c2cccnc2)(C2CC2)c2ccc(C)c1c2. The normalized spacial score (nSPS) is 18.5. The third kappa shape index (κ3) is 3.49. The summed E-state index contributed by atoms with van der Waals surface area (Å²) in [5.41, 5.74) is 11.6. The molecule has 1 saturated carbocycles. The van der Waals surface area contributed by atoms with Crippen molar-refractivity contribution in [2.45, 2.75) is 31.6 Å². The molecule has 7 rings (SSSR count). The van der Waals surface area contributed by atoms with Crippen molar-refractivity contribution in [2.75, 3.05) is 7.11 Å². The zero-order valence-electron chi connectivity index (χ0n) is 21.9. The molecule has 3 aromatic carbocycles. The van der Waals surface area contributed by atoms with Crippen molar-refractivity contribution in [3.05, 3.63) is 131 Å². The van der Waals surface area contributed by atoms with Crippen molar-refractivity contribution in [1.82, 2.24) is 9.97 Å². The predicted octanol–water partition coefficient (Wildman–Crippen LogP) is 7.93. The molecule has 38 heavy (non-hydrogen) atoms. The Labute approximate surface area is 223 Å². The second-order valence-corrected chi connectivity index (χ2v) is 10.8. The van der Waals surface area contributed by atoms with Crippen LogP contribution in [0.1, 0.15) is 46.2 Å². The molecule has 2 aliphatic rings. The van der Waals surface area contributed by atoms with E-state index in [0.29, 0.717) is 11.8 Å². The first-order valence-electron chi connectivity index (χ1n) is 13.4. The number of pyridine rings is 2. The molecule has 1 atom stereocenters. The van der Waals surface area contributed by atoms with Crippen molar-refractivity contribution < 1.29 is 4.74 Å². The lowest BCUT2D eigenvalue weighted by Gasteiger charge is -2.37. The molecule has 0 saturated heterocycles. The number of fused-ring (bicyclic) bond motifs is 6. The van der Waals surface area contributed by atoms with E-state index in [0.717, 1.165) is 28.5 Å². The number of ether oxygens (including phenoxy) is 1. The monoisotopic (exact) mass is 494 g/mol. The van der Waals surface area contributed by atoms with Gasteiger partial charge in [0.15, 0.2) is 0 Å². The van der Waals surface area contributed by atoms with Gasteiger partial charge in [0.05, 0.1) is 12.6 Å². The number of hydrogen-bond donors (Lipinski definition) is 0. The number of aryl methyl sites for hydroxylation is 1. The Hall–Kier alpha value is -4.24. The smallest absolute Gasteiger partial charge is 0.214 e. The zero-order valence-corrected chi connectivity index (χ0v) is 21.9. The maximum atomic E-state index is 5.64. The molecule has 0 spiro atoms. The van der Waals surface area contributed by atoms with E-state index in [4.69, 9.17) is 9.72 Å². The van der Waals surface area contributed by atoms with Gasteiger partial charge in [-0.2, -0.15) is 0 Å². The lowest BCUT2D eigenvalue weighted by atomic mass is 9.65. The maximum absolute atomic E-state index is 5.64. The predicted molar refractivity (Wildman–Crippen MR) is 154 cm³/mol. The molecule has 0 radical (unpaired) electrons. The number of aromatic nitrogens is 2. The average molecular weight is 495 g/mol. The van der Waals surface area contributed by atoms with Gasteiger partial charge in [-0.15, -0.1) is 0 Å². The van der Waals surface area contributed by atoms with E-state index in [1.54, 1.807) is 7.11 Å². The Morgan fingerprint density at radius 3 is 2.50 bits per heavy atom. The van der Waals surface area contributed by atoms with Gasteiger partial charge in [0.2, 0.25) is 5.88 Å². The van der Waals surface area contributed by atoms with Gasteiger partial charge in [-0.25, -0.2) is 4.98 Å². The molecule has 0 amide bonds. The summed E-state index contributed by atoms with van der Waals surface area (Å²) < 4.78 is 5.64. The van der Waals surface area contributed by atoms with Crippen LogP contribution in [0.3, 0.4) is 0 Å². The Kier molecular flexibility index (Phi) is 5.23. The summed E-state index contributed by atoms with van der Waals surface area (Å²) in [4.78, 5) is 9.44. The highest BCUT2D eigenvalue weighted by molar-refractivity contribution is 5.96. The first-order chi connectivity index (χ1) is 18.6. The summed E-state index contributed by atoms with van der Waals surface area (Å²) in [6.07, 6.45) is 7.10. The van der Waals surface area contributed by atoms with E-state index in [9.17, 15) is 0 Å². The van der Waals surface area contributed by atoms with Crippen molar-refractivity contribution in [3.8, 4) is 17.0 Å². The number of rotatable bonds is 3. The molecular weight excluding hydrogens is 464 g/mol. The maximum Gasteiger partial charge on any atom is 0.214 e. The molecular formula is C35H30N2O. The largest absolute Gasteiger partial charge is 0.481 e. The Morgan fingerprint density at radius 1 is 0.868 bits per heavy atom. The summed E-state index contributed by atoms with van der Waals surface area (Å²) >= 11 is 0. The lowest BCUT2D eigenvalue weighted by molar-refractivity contribution is 0.400. The van der Waals surface area contributed by atoms with Gasteiger partial charge in [0.25, 0.3) is 0 Å². The minimum absolute atomic E-state index is 0.311. The van der Waals surface area contributed by atoms with E-state index in [2.05, 4.69) is 104 Å². The van der Waals surface area contributed by atoms with Crippen LogP contribution >= 0.6 is 0 Å². The second-order valence-electron chi connectivity index (χ2n) is 10.8. The van der Waals surface area contributed by atoms with Crippen molar-refractivity contribution in [1.29, 1.82) is 0 Å². The zero-order chi connectivity index (χ0) is 25.9. The summed E-state index contributed by atoms with van der Waals surface area (Å²) in [7, 11) is 1.69. The summed E-state index contributed by atoms with van der Waals surface area (Å²) in [6.45, 7) is 6.78. The van der Waals surface area contributed by atoms with Crippen LogP contribution in [0, 0.1) is 12.8 Å². The third-order valence-electron chi connectivity index (χ3n) is 8.49. The van der Waals surface area contributed by atoms with Gasteiger partial charge in [-0.1, -0.05) is 55.1 Å². The fraction of sp³-hybridized carbons (Fsp3) is 0.200. The van der Waals surface area contributed by atoms with E-state index in [1.807, 2.05) is 6.20 Å². The van der Waals surface area contributed by atoms with Crippen LogP contribution in [0.25, 0.3) is 27.6 Å². The first kappa shape index (κ1) is 22.9. The molecule has 0 N–H and O–H groups in total. The van der Waals surface area contributed by atoms with Crippen LogP contribution in [0.5, 0.6) is 5.88 Å². The van der Waals surface area contributed by atoms with Crippen LogP contribution < -0.4 is 4.74 Å². The van der Waals surface area contributed by atoms with E-state index < -0.39 is 0 Å². The molecule has 2 aromatic heterocycles. The minimum Gasteiger partial charge on any atom is -0.481 e. The average Bonchev–Trinajstić information content (AvgIpc) is 3.80. The molecule has 3 nitrogen and oxygen atoms in total. The van der Waals surface area contributed by atoms with Crippen LogP contribution in [0.4, 0.5) is 0 Å². The molecule has 2 heterocycles. The summed E-state index contributed by atoms with van der Waals surface area (Å²) in [5, 5.41) is 1.14. The van der Waals surface area contributed by atoms with Gasteiger partial charge in [-0.05, 0) is 106 Å². The third-order valence-corrected chi connectivity index (χ3v) is 8.49. The number of nitrogens with zero attached hydrogens (tertiary/aromatic N) is 2. The fourth-order valence-electron chi connectivity index (χ4n) is 6.55. The topological polar surface area (TPSA) is 35.0 Å². The molecule has 1 unspecified atom stereocenters. The molecule has 186 valence electrons. The second kappa shape index (κ2) is 8.66. The number of allylic oxidation sites excluding steroid dienone is 1. The van der Waals surface area contributed by atoms with E-state index in [1.165, 1.54) is 51.8 Å². The molecule has 0 aliphatic heterocycles. The standard InChI is InChI=1S/C35H30N2O/c1-22-9-10-27-18-30(22)23(2)16-24-6-4-7-25(17-24)31-20-34(38-3)37-33-14-13-28(19-32(31)33)35(27,26-11-12-26)29-8-5-15-36-21-29/h4-10,13-15,17-21,26H,2,11-12,16H2,1,3H3. The van der Waals surface area contributed by atoms with Gasteiger partial charge in [-0.3, -0.25) is 4.98 Å². The molecule has 6 bridgehead atoms. The number of hydrogen-bond acceptors (Lipinski definition) is 3. The highest BCUT2D eigenvalue weighted by Crippen LogP contribution is 2.56. The lowest BCUT2D eigenvalue weighted by Crippen LogP contribution is -2.32. The number of methoxy groups -OCH3 is 1. The van der Waals surface area contributed by atoms with E-state index >= 15 is 0 Å². The summed E-state index contributed by atoms with van der Waals surface area (Å²) in [5.74, 6) is 1.12. The Morgan fingerprint density at radius 2 is 1.71 bits per heavy atom. The Balaban J connectivity index is 1.64. The molecule has 2 aliphatic carbocycles.